The summed E-state index contributed by atoms with van der Waals surface area (Å²) in [6.45, 7) is 1.91. The zero-order valence-electron chi connectivity index (χ0n) is 11.4. The molecule has 0 atom stereocenters. The Morgan fingerprint density at radius 2 is 2.09 bits per heavy atom. The number of carbonyl (C=O) groups is 1. The minimum absolute atomic E-state index is 0.0223. The van der Waals surface area contributed by atoms with Gasteiger partial charge < -0.3 is 4.42 Å². The molecule has 0 aliphatic rings. The van der Waals surface area contributed by atoms with Gasteiger partial charge in [0.2, 0.25) is 0 Å². The molecule has 0 saturated heterocycles. The zero-order valence-corrected chi connectivity index (χ0v) is 13.8. The van der Waals surface area contributed by atoms with E-state index < -0.39 is 0 Å². The summed E-state index contributed by atoms with van der Waals surface area (Å²) in [5, 5.41) is 11.6. The molecule has 3 rings (SSSR count). The highest BCUT2D eigenvalue weighted by Gasteiger charge is 2.14. The molecule has 0 unspecified atom stereocenters. The first-order chi connectivity index (χ1) is 10.6. The van der Waals surface area contributed by atoms with Crippen LogP contribution in [0.2, 0.25) is 5.02 Å². The van der Waals surface area contributed by atoms with Gasteiger partial charge in [-0.15, -0.1) is 21.5 Å². The van der Waals surface area contributed by atoms with Gasteiger partial charge in [-0.1, -0.05) is 23.4 Å². The quantitative estimate of drug-likeness (QED) is 0.508. The molecule has 1 aromatic carbocycles. The molecule has 0 aliphatic carbocycles. The molecular weight excluding hydrogens is 342 g/mol. The molecule has 2 aromatic heterocycles. The lowest BCUT2D eigenvalue weighted by Crippen LogP contribution is -2.01. The molecule has 0 saturated carbocycles. The predicted octanol–water partition coefficient (Wildman–Crippen LogP) is 4.13. The number of hydrogen-bond donors (Lipinski definition) is 0. The molecule has 5 nitrogen and oxygen atoms in total. The number of aryl methyl sites for hydroxylation is 1. The van der Waals surface area contributed by atoms with E-state index in [1.54, 1.807) is 24.3 Å². The molecule has 0 amide bonds. The Bertz CT molecular complexity index is 799. The average Bonchev–Trinajstić information content (AvgIpc) is 3.14. The maximum absolute atomic E-state index is 12.0. The lowest BCUT2D eigenvalue weighted by molar-refractivity contribution is 0.102. The fraction of sp³-hybridized carbons (Fsp3) is 0.143. The van der Waals surface area contributed by atoms with Gasteiger partial charge in [0.05, 0.1) is 10.8 Å². The van der Waals surface area contributed by atoms with Crippen molar-refractivity contribution in [2.24, 2.45) is 0 Å². The number of aromatic nitrogens is 3. The van der Waals surface area contributed by atoms with Gasteiger partial charge in [0, 0.05) is 16.0 Å². The third kappa shape index (κ3) is 3.55. The fourth-order valence-corrected chi connectivity index (χ4v) is 3.05. The largest absolute Gasteiger partial charge is 0.410 e. The van der Waals surface area contributed by atoms with Crippen LogP contribution >= 0.6 is 34.7 Å². The standard InChI is InChI=1S/C14H10ClN3O2S2/c1-8-16-11(6-21-8)13-17-18-14(20-13)22-7-12(19)9-2-4-10(15)5-3-9/h2-6H,7H2,1H3. The molecule has 0 radical (unpaired) electrons. The summed E-state index contributed by atoms with van der Waals surface area (Å²) in [7, 11) is 0. The highest BCUT2D eigenvalue weighted by Crippen LogP contribution is 2.24. The van der Waals surface area contributed by atoms with Gasteiger partial charge in [-0.25, -0.2) is 4.98 Å². The van der Waals surface area contributed by atoms with Crippen LogP contribution in [-0.2, 0) is 0 Å². The number of ketones is 1. The summed E-state index contributed by atoms with van der Waals surface area (Å²) in [5.74, 6) is 0.566. The molecule has 0 aliphatic heterocycles. The number of thioether (sulfide) groups is 1. The lowest BCUT2D eigenvalue weighted by atomic mass is 10.1. The van der Waals surface area contributed by atoms with Gasteiger partial charge in [0.1, 0.15) is 5.69 Å². The smallest absolute Gasteiger partial charge is 0.277 e. The fourth-order valence-electron chi connectivity index (χ4n) is 1.68. The monoisotopic (exact) mass is 351 g/mol. The average molecular weight is 352 g/mol. The van der Waals surface area contributed by atoms with Crippen LogP contribution in [0.5, 0.6) is 0 Å². The Balaban J connectivity index is 1.63. The van der Waals surface area contributed by atoms with Gasteiger partial charge >= 0.3 is 0 Å². The van der Waals surface area contributed by atoms with Gasteiger partial charge in [-0.3, -0.25) is 4.79 Å². The number of Topliss-reactive ketones (excluding diaryl/α,β-unsaturated/α-hetero) is 1. The van der Waals surface area contributed by atoms with E-state index in [-0.39, 0.29) is 11.5 Å². The number of rotatable bonds is 5. The number of thiazole rings is 1. The van der Waals surface area contributed by atoms with Crippen molar-refractivity contribution in [3.63, 3.8) is 0 Å². The van der Waals surface area contributed by atoms with Crippen molar-refractivity contribution < 1.29 is 9.21 Å². The first kappa shape index (κ1) is 15.2. The molecule has 2 heterocycles. The van der Waals surface area contributed by atoms with E-state index in [2.05, 4.69) is 15.2 Å². The maximum Gasteiger partial charge on any atom is 0.277 e. The van der Waals surface area contributed by atoms with Crippen LogP contribution < -0.4 is 0 Å². The molecule has 3 aromatic rings. The number of carbonyl (C=O) groups excluding carboxylic acids is 1. The number of halogens is 1. The molecule has 0 spiro atoms. The normalized spacial score (nSPS) is 10.8. The minimum atomic E-state index is -0.0223. The van der Waals surface area contributed by atoms with E-state index in [4.69, 9.17) is 16.0 Å². The van der Waals surface area contributed by atoms with Crippen LogP contribution in [0.3, 0.4) is 0 Å². The molecule has 8 heteroatoms. The van der Waals surface area contributed by atoms with Crippen LogP contribution in [-0.4, -0.2) is 26.7 Å². The zero-order chi connectivity index (χ0) is 15.5. The van der Waals surface area contributed by atoms with Gasteiger partial charge in [-0.05, 0) is 31.2 Å². The summed E-state index contributed by atoms with van der Waals surface area (Å²) in [6.07, 6.45) is 0. The Morgan fingerprint density at radius 3 is 2.77 bits per heavy atom. The summed E-state index contributed by atoms with van der Waals surface area (Å²) in [5.41, 5.74) is 1.26. The van der Waals surface area contributed by atoms with Crippen LogP contribution in [0.1, 0.15) is 15.4 Å². The summed E-state index contributed by atoms with van der Waals surface area (Å²) >= 11 is 8.51. The van der Waals surface area contributed by atoms with Crippen LogP contribution in [0, 0.1) is 6.92 Å². The second kappa shape index (κ2) is 6.60. The van der Waals surface area contributed by atoms with Gasteiger partial charge in [0.15, 0.2) is 5.78 Å². The Kier molecular flexibility index (Phi) is 4.56. The van der Waals surface area contributed by atoms with E-state index in [9.17, 15) is 4.79 Å². The van der Waals surface area contributed by atoms with E-state index in [1.165, 1.54) is 23.1 Å². The number of hydrogen-bond acceptors (Lipinski definition) is 7. The minimum Gasteiger partial charge on any atom is -0.410 e. The van der Waals surface area contributed by atoms with E-state index >= 15 is 0 Å². The molecule has 0 fully saturated rings. The summed E-state index contributed by atoms with van der Waals surface area (Å²) < 4.78 is 5.50. The van der Waals surface area contributed by atoms with Gasteiger partial charge in [0.25, 0.3) is 11.1 Å². The summed E-state index contributed by atoms with van der Waals surface area (Å²) in [4.78, 5) is 16.3. The van der Waals surface area contributed by atoms with E-state index in [1.807, 2.05) is 12.3 Å². The molecule has 0 bridgehead atoms. The van der Waals surface area contributed by atoms with E-state index in [0.717, 1.165) is 5.01 Å². The second-order valence-corrected chi connectivity index (χ2v) is 6.77. The van der Waals surface area contributed by atoms with E-state index in [0.29, 0.717) is 27.4 Å². The molecular formula is C14H10ClN3O2S2. The number of nitrogens with zero attached hydrogens (tertiary/aromatic N) is 3. The SMILES string of the molecule is Cc1nc(-c2nnc(SCC(=O)c3ccc(Cl)cc3)o2)cs1. The third-order valence-corrected chi connectivity index (χ3v) is 4.58. The molecule has 112 valence electrons. The lowest BCUT2D eigenvalue weighted by Gasteiger charge is -1.98. The topological polar surface area (TPSA) is 68.9 Å². The summed E-state index contributed by atoms with van der Waals surface area (Å²) in [6, 6.07) is 6.77. The second-order valence-electron chi connectivity index (χ2n) is 4.34. The molecule has 22 heavy (non-hydrogen) atoms. The molecule has 0 N–H and O–H groups in total. The maximum atomic E-state index is 12.0. The number of benzene rings is 1. The van der Waals surface area contributed by atoms with Crippen molar-refractivity contribution in [1.29, 1.82) is 0 Å². The van der Waals surface area contributed by atoms with Crippen molar-refractivity contribution in [3.8, 4) is 11.6 Å². The van der Waals surface area contributed by atoms with Crippen molar-refractivity contribution in [3.05, 3.63) is 45.2 Å². The van der Waals surface area contributed by atoms with Crippen LogP contribution in [0.4, 0.5) is 0 Å². The van der Waals surface area contributed by atoms with Gasteiger partial charge in [-0.2, -0.15) is 0 Å². The highest BCUT2D eigenvalue weighted by molar-refractivity contribution is 7.99. The highest BCUT2D eigenvalue weighted by atomic mass is 35.5. The third-order valence-electron chi connectivity index (χ3n) is 2.74. The first-order valence-electron chi connectivity index (χ1n) is 6.29. The predicted molar refractivity (Wildman–Crippen MR) is 86.6 cm³/mol. The van der Waals surface area contributed by atoms with Crippen molar-refractivity contribution >= 4 is 40.5 Å². The van der Waals surface area contributed by atoms with Crippen LogP contribution in [0.25, 0.3) is 11.6 Å². The first-order valence-corrected chi connectivity index (χ1v) is 8.54. The van der Waals surface area contributed by atoms with Crippen molar-refractivity contribution in [2.75, 3.05) is 5.75 Å². The van der Waals surface area contributed by atoms with Crippen molar-refractivity contribution in [1.82, 2.24) is 15.2 Å². The Hall–Kier alpha value is -1.70. The Morgan fingerprint density at radius 1 is 1.32 bits per heavy atom. The Labute approximate surface area is 139 Å². The van der Waals surface area contributed by atoms with Crippen LogP contribution in [0.15, 0.2) is 39.3 Å². The van der Waals surface area contributed by atoms with Crippen molar-refractivity contribution in [2.45, 2.75) is 12.1 Å².